The topological polar surface area (TPSA) is 33.7 Å². The summed E-state index contributed by atoms with van der Waals surface area (Å²) in [6.45, 7) is 5.87. The molecule has 1 N–H and O–H groups in total. The van der Waals surface area contributed by atoms with Crippen molar-refractivity contribution in [3.05, 3.63) is 22.2 Å². The smallest absolute Gasteiger partial charge is 0.175 e. The number of ether oxygens (including phenoxy) is 2. The largest absolute Gasteiger partial charge is 0.490 e. The standard InChI is InChI=1S/C17H25BrN2O2/c1-20-5-3-13(4-6-20)11-19-12-14-9-15(18)17-16(10-14)21-7-2-8-22-17/h9-10,13,19H,2-8,11-12H2,1H3. The molecule has 1 aromatic rings. The number of hydrogen-bond acceptors (Lipinski definition) is 4. The van der Waals surface area contributed by atoms with Gasteiger partial charge in [0.05, 0.1) is 17.7 Å². The van der Waals surface area contributed by atoms with Gasteiger partial charge in [0.25, 0.3) is 0 Å². The quantitative estimate of drug-likeness (QED) is 0.885. The highest BCUT2D eigenvalue weighted by Gasteiger charge is 2.17. The summed E-state index contributed by atoms with van der Waals surface area (Å²) < 4.78 is 12.5. The van der Waals surface area contributed by atoms with E-state index in [4.69, 9.17) is 9.47 Å². The van der Waals surface area contributed by atoms with Gasteiger partial charge in [-0.2, -0.15) is 0 Å². The predicted octanol–water partition coefficient (Wildman–Crippen LogP) is 3.04. The molecule has 22 heavy (non-hydrogen) atoms. The van der Waals surface area contributed by atoms with Gasteiger partial charge >= 0.3 is 0 Å². The minimum absolute atomic E-state index is 0.722. The molecule has 2 aliphatic heterocycles. The number of fused-ring (bicyclic) bond motifs is 1. The summed E-state index contributed by atoms with van der Waals surface area (Å²) in [5, 5.41) is 3.60. The van der Waals surface area contributed by atoms with Crippen LogP contribution in [0.25, 0.3) is 0 Å². The molecular formula is C17H25BrN2O2. The minimum atomic E-state index is 0.722. The molecule has 0 bridgehead atoms. The van der Waals surface area contributed by atoms with E-state index in [2.05, 4.69) is 45.3 Å². The summed E-state index contributed by atoms with van der Waals surface area (Å²) in [6.07, 6.45) is 3.54. The van der Waals surface area contributed by atoms with Crippen LogP contribution < -0.4 is 14.8 Å². The van der Waals surface area contributed by atoms with Gasteiger partial charge in [-0.15, -0.1) is 0 Å². The zero-order valence-corrected chi connectivity index (χ0v) is 14.8. The van der Waals surface area contributed by atoms with E-state index in [1.807, 2.05) is 0 Å². The van der Waals surface area contributed by atoms with Crippen molar-refractivity contribution in [2.75, 3.05) is 39.9 Å². The molecule has 1 saturated heterocycles. The second kappa shape index (κ2) is 7.66. The van der Waals surface area contributed by atoms with Gasteiger partial charge in [0.1, 0.15) is 0 Å². The molecule has 0 spiro atoms. The maximum Gasteiger partial charge on any atom is 0.175 e. The summed E-state index contributed by atoms with van der Waals surface area (Å²) >= 11 is 3.60. The van der Waals surface area contributed by atoms with Crippen LogP contribution in [0.1, 0.15) is 24.8 Å². The number of nitrogens with one attached hydrogen (secondary N) is 1. The molecule has 0 aliphatic carbocycles. The van der Waals surface area contributed by atoms with Gasteiger partial charge in [-0.05, 0) is 79.1 Å². The van der Waals surface area contributed by atoms with Crippen LogP contribution in [-0.4, -0.2) is 44.8 Å². The van der Waals surface area contributed by atoms with E-state index in [1.54, 1.807) is 0 Å². The minimum Gasteiger partial charge on any atom is -0.490 e. The molecule has 2 heterocycles. The monoisotopic (exact) mass is 368 g/mol. The fourth-order valence-corrected chi connectivity index (χ4v) is 3.68. The number of halogens is 1. The molecule has 0 aromatic heterocycles. The zero-order chi connectivity index (χ0) is 15.4. The van der Waals surface area contributed by atoms with E-state index >= 15 is 0 Å². The van der Waals surface area contributed by atoms with E-state index < -0.39 is 0 Å². The van der Waals surface area contributed by atoms with Gasteiger partial charge in [0, 0.05) is 13.0 Å². The Morgan fingerprint density at radius 2 is 2.00 bits per heavy atom. The Hall–Kier alpha value is -0.780. The number of rotatable bonds is 4. The lowest BCUT2D eigenvalue weighted by atomic mass is 9.97. The van der Waals surface area contributed by atoms with Crippen LogP contribution in [0, 0.1) is 5.92 Å². The molecule has 3 rings (SSSR count). The lowest BCUT2D eigenvalue weighted by Crippen LogP contribution is -2.34. The first-order valence-corrected chi connectivity index (χ1v) is 8.99. The average Bonchev–Trinajstić information content (AvgIpc) is 2.75. The molecule has 122 valence electrons. The molecule has 4 nitrogen and oxygen atoms in total. The highest BCUT2D eigenvalue weighted by Crippen LogP contribution is 2.38. The van der Waals surface area contributed by atoms with Crippen LogP contribution in [0.5, 0.6) is 11.5 Å². The second-order valence-electron chi connectivity index (χ2n) is 6.33. The van der Waals surface area contributed by atoms with Gasteiger partial charge in [-0.25, -0.2) is 0 Å². The summed E-state index contributed by atoms with van der Waals surface area (Å²) in [5.74, 6) is 2.51. The van der Waals surface area contributed by atoms with Crippen LogP contribution in [0.2, 0.25) is 0 Å². The van der Waals surface area contributed by atoms with E-state index in [1.165, 1.54) is 31.5 Å². The molecule has 1 fully saturated rings. The predicted molar refractivity (Wildman–Crippen MR) is 91.7 cm³/mol. The zero-order valence-electron chi connectivity index (χ0n) is 13.2. The number of benzene rings is 1. The van der Waals surface area contributed by atoms with Crippen molar-refractivity contribution >= 4 is 15.9 Å². The second-order valence-corrected chi connectivity index (χ2v) is 7.19. The molecular weight excluding hydrogens is 344 g/mol. The molecule has 0 unspecified atom stereocenters. The third kappa shape index (κ3) is 4.15. The Bertz CT molecular complexity index is 502. The molecule has 0 saturated carbocycles. The van der Waals surface area contributed by atoms with Crippen LogP contribution in [-0.2, 0) is 6.54 Å². The third-order valence-electron chi connectivity index (χ3n) is 4.46. The van der Waals surface area contributed by atoms with Crippen molar-refractivity contribution in [2.45, 2.75) is 25.8 Å². The van der Waals surface area contributed by atoms with Crippen molar-refractivity contribution < 1.29 is 9.47 Å². The number of nitrogens with zero attached hydrogens (tertiary/aromatic N) is 1. The van der Waals surface area contributed by atoms with E-state index in [-0.39, 0.29) is 0 Å². The van der Waals surface area contributed by atoms with Crippen molar-refractivity contribution in [2.24, 2.45) is 5.92 Å². The first-order valence-electron chi connectivity index (χ1n) is 8.19. The average molecular weight is 369 g/mol. The fraction of sp³-hybridized carbons (Fsp3) is 0.647. The Labute approximate surface area is 141 Å². The van der Waals surface area contributed by atoms with Crippen LogP contribution in [0.4, 0.5) is 0 Å². The number of hydrogen-bond donors (Lipinski definition) is 1. The summed E-state index contributed by atoms with van der Waals surface area (Å²) in [4.78, 5) is 2.41. The van der Waals surface area contributed by atoms with Crippen LogP contribution in [0.15, 0.2) is 16.6 Å². The maximum absolute atomic E-state index is 5.79. The molecule has 0 atom stereocenters. The van der Waals surface area contributed by atoms with Crippen molar-refractivity contribution in [3.63, 3.8) is 0 Å². The molecule has 0 radical (unpaired) electrons. The van der Waals surface area contributed by atoms with Gasteiger partial charge in [-0.3, -0.25) is 0 Å². The summed E-state index contributed by atoms with van der Waals surface area (Å²) in [6, 6.07) is 4.24. The third-order valence-corrected chi connectivity index (χ3v) is 5.05. The van der Waals surface area contributed by atoms with Crippen LogP contribution >= 0.6 is 15.9 Å². The van der Waals surface area contributed by atoms with Gasteiger partial charge < -0.3 is 19.7 Å². The molecule has 5 heteroatoms. The van der Waals surface area contributed by atoms with Crippen molar-refractivity contribution in [1.82, 2.24) is 10.2 Å². The van der Waals surface area contributed by atoms with Gasteiger partial charge in [-0.1, -0.05) is 0 Å². The maximum atomic E-state index is 5.79. The Balaban J connectivity index is 1.54. The number of likely N-dealkylation sites (tertiary alicyclic amines) is 1. The highest BCUT2D eigenvalue weighted by atomic mass is 79.9. The summed E-state index contributed by atoms with van der Waals surface area (Å²) in [7, 11) is 2.21. The van der Waals surface area contributed by atoms with Crippen molar-refractivity contribution in [1.29, 1.82) is 0 Å². The molecule has 2 aliphatic rings. The number of piperidine rings is 1. The first-order chi connectivity index (χ1) is 10.7. The van der Waals surface area contributed by atoms with Crippen LogP contribution in [0.3, 0.4) is 0 Å². The van der Waals surface area contributed by atoms with Gasteiger partial charge in [0.15, 0.2) is 11.5 Å². The van der Waals surface area contributed by atoms with E-state index in [9.17, 15) is 0 Å². The molecule has 0 amide bonds. The van der Waals surface area contributed by atoms with E-state index in [0.717, 1.165) is 54.6 Å². The normalized spacial score (nSPS) is 19.9. The SMILES string of the molecule is CN1CCC(CNCc2cc(Br)c3c(c2)OCCCO3)CC1. The lowest BCUT2D eigenvalue weighted by molar-refractivity contribution is 0.216. The summed E-state index contributed by atoms with van der Waals surface area (Å²) in [5.41, 5.74) is 1.24. The van der Waals surface area contributed by atoms with E-state index in [0.29, 0.717) is 0 Å². The lowest BCUT2D eigenvalue weighted by Gasteiger charge is -2.29. The molecule has 1 aromatic carbocycles. The Kier molecular flexibility index (Phi) is 5.61. The highest BCUT2D eigenvalue weighted by molar-refractivity contribution is 9.10. The Morgan fingerprint density at radius 3 is 2.82 bits per heavy atom. The van der Waals surface area contributed by atoms with Crippen molar-refractivity contribution in [3.8, 4) is 11.5 Å². The van der Waals surface area contributed by atoms with Gasteiger partial charge in [0.2, 0.25) is 0 Å². The first kappa shape index (κ1) is 16.1. The Morgan fingerprint density at radius 1 is 1.23 bits per heavy atom. The fourth-order valence-electron chi connectivity index (χ4n) is 3.07.